The van der Waals surface area contributed by atoms with Crippen molar-refractivity contribution in [3.8, 4) is 51.0 Å². The van der Waals surface area contributed by atoms with Crippen LogP contribution in [0.3, 0.4) is 0 Å². The molecule has 10 rings (SSSR count). The second-order valence-electron chi connectivity index (χ2n) is 11.8. The van der Waals surface area contributed by atoms with E-state index < -0.39 is 48.3 Å². The molecule has 5 heteroatoms. The number of aromatic nitrogens is 4. The van der Waals surface area contributed by atoms with Crippen molar-refractivity contribution in [1.82, 2.24) is 19.5 Å². The van der Waals surface area contributed by atoms with Crippen molar-refractivity contribution < 1.29 is 15.4 Å². The summed E-state index contributed by atoms with van der Waals surface area (Å²) in [6.45, 7) is 0. The van der Waals surface area contributed by atoms with Gasteiger partial charge in [-0.1, -0.05) is 133 Å². The van der Waals surface area contributed by atoms with Gasteiger partial charge in [0.05, 0.1) is 27.7 Å². The highest BCUT2D eigenvalue weighted by molar-refractivity contribution is 6.17. The SMILES string of the molecule is [2H]c1c([2H])c([2H])c2c(c1[2H])c1c([2H])c([2H])c([2H])c([2H])c1n2-c1ccccc1-c1nc(-c2ccccc2)nc(-c2cccc3oc4cccc(-c5ccccc5)c4c23)n1. The van der Waals surface area contributed by atoms with Gasteiger partial charge in [0.2, 0.25) is 0 Å². The van der Waals surface area contributed by atoms with E-state index in [4.69, 9.17) is 30.3 Å². The topological polar surface area (TPSA) is 56.7 Å². The van der Waals surface area contributed by atoms with Crippen LogP contribution in [0.25, 0.3) is 94.7 Å². The minimum Gasteiger partial charge on any atom is -0.456 e. The first-order chi connectivity index (χ1) is 28.1. The molecule has 3 aromatic heterocycles. The average molecular weight is 649 g/mol. The molecule has 10 aromatic rings. The van der Waals surface area contributed by atoms with Crippen molar-refractivity contribution in [3.05, 3.63) is 170 Å². The predicted molar refractivity (Wildman–Crippen MR) is 203 cm³/mol. The van der Waals surface area contributed by atoms with E-state index in [0.29, 0.717) is 39.6 Å². The van der Waals surface area contributed by atoms with Crippen LogP contribution in [0.2, 0.25) is 0 Å². The summed E-state index contributed by atoms with van der Waals surface area (Å²) in [5.74, 6) is 0.944. The normalized spacial score (nSPS) is 13.8. The highest BCUT2D eigenvalue weighted by atomic mass is 16.3. The molecular weight excluding hydrogens is 613 g/mol. The average Bonchev–Trinajstić information content (AvgIpc) is 3.84. The van der Waals surface area contributed by atoms with E-state index in [9.17, 15) is 0 Å². The van der Waals surface area contributed by atoms with E-state index in [1.165, 1.54) is 4.57 Å². The lowest BCUT2D eigenvalue weighted by molar-refractivity contribution is 0.669. The van der Waals surface area contributed by atoms with Gasteiger partial charge >= 0.3 is 0 Å². The molecule has 0 bridgehead atoms. The molecule has 50 heavy (non-hydrogen) atoms. The Morgan fingerprint density at radius 3 is 1.62 bits per heavy atom. The zero-order chi connectivity index (χ0) is 40.0. The molecule has 0 saturated heterocycles. The van der Waals surface area contributed by atoms with Crippen LogP contribution >= 0.6 is 0 Å². The molecule has 234 valence electrons. The van der Waals surface area contributed by atoms with Gasteiger partial charge in [-0.15, -0.1) is 0 Å². The zero-order valence-corrected chi connectivity index (χ0v) is 26.2. The predicted octanol–water partition coefficient (Wildman–Crippen LogP) is 11.5. The third kappa shape index (κ3) is 4.45. The molecule has 0 atom stereocenters. The monoisotopic (exact) mass is 648 g/mol. The Bertz CT molecular complexity index is 3250. The van der Waals surface area contributed by atoms with Crippen LogP contribution < -0.4 is 0 Å². The maximum absolute atomic E-state index is 9.09. The Kier molecular flexibility index (Phi) is 4.83. The van der Waals surface area contributed by atoms with E-state index in [0.717, 1.165) is 27.5 Å². The zero-order valence-electron chi connectivity index (χ0n) is 34.2. The smallest absolute Gasteiger partial charge is 0.166 e. The van der Waals surface area contributed by atoms with Crippen LogP contribution in [0.15, 0.2) is 174 Å². The number of furan rings is 1. The number of hydrogen-bond acceptors (Lipinski definition) is 4. The fourth-order valence-corrected chi connectivity index (χ4v) is 6.76. The second-order valence-corrected chi connectivity index (χ2v) is 11.8. The number of rotatable bonds is 5. The Labute approximate surface area is 299 Å². The first-order valence-electron chi connectivity index (χ1n) is 20.1. The summed E-state index contributed by atoms with van der Waals surface area (Å²) in [6.07, 6.45) is 0. The molecule has 0 unspecified atom stereocenters. The van der Waals surface area contributed by atoms with Gasteiger partial charge in [0.1, 0.15) is 11.2 Å². The lowest BCUT2D eigenvalue weighted by Crippen LogP contribution is -2.03. The Hall–Kier alpha value is -6.85. The van der Waals surface area contributed by atoms with Crippen LogP contribution in [-0.2, 0) is 0 Å². The van der Waals surface area contributed by atoms with E-state index in [1.54, 1.807) is 24.3 Å². The summed E-state index contributed by atoms with van der Waals surface area (Å²) < 4.78 is 78.2. The molecule has 5 nitrogen and oxygen atoms in total. The highest BCUT2D eigenvalue weighted by Crippen LogP contribution is 2.42. The summed E-state index contributed by atoms with van der Waals surface area (Å²) >= 11 is 0. The largest absolute Gasteiger partial charge is 0.456 e. The molecule has 0 N–H and O–H groups in total. The summed E-state index contributed by atoms with van der Waals surface area (Å²) in [4.78, 5) is 15.2. The number of para-hydroxylation sites is 3. The molecule has 0 spiro atoms. The second kappa shape index (κ2) is 11.4. The van der Waals surface area contributed by atoms with Crippen molar-refractivity contribution in [2.24, 2.45) is 0 Å². The van der Waals surface area contributed by atoms with Crippen molar-refractivity contribution in [2.75, 3.05) is 0 Å². The molecule has 0 saturated carbocycles. The quantitative estimate of drug-likeness (QED) is 0.186. The van der Waals surface area contributed by atoms with Gasteiger partial charge < -0.3 is 8.98 Å². The van der Waals surface area contributed by atoms with Gasteiger partial charge in [-0.05, 0) is 47.5 Å². The number of fused-ring (bicyclic) bond motifs is 6. The lowest BCUT2D eigenvalue weighted by Gasteiger charge is -2.14. The lowest BCUT2D eigenvalue weighted by atomic mass is 9.97. The van der Waals surface area contributed by atoms with Gasteiger partial charge in [-0.3, -0.25) is 0 Å². The summed E-state index contributed by atoms with van der Waals surface area (Å²) in [5.41, 5.74) is 5.53. The van der Waals surface area contributed by atoms with Gasteiger partial charge in [0.15, 0.2) is 17.5 Å². The first-order valence-corrected chi connectivity index (χ1v) is 16.1. The van der Waals surface area contributed by atoms with E-state index in [2.05, 4.69) is 18.2 Å². The minimum absolute atomic E-state index is 0.00101. The van der Waals surface area contributed by atoms with Crippen LogP contribution in [0.5, 0.6) is 0 Å². The third-order valence-corrected chi connectivity index (χ3v) is 8.93. The van der Waals surface area contributed by atoms with Gasteiger partial charge in [-0.25, -0.2) is 15.0 Å². The number of hydrogen-bond donors (Lipinski definition) is 0. The fraction of sp³-hybridized carbons (Fsp3) is 0. The van der Waals surface area contributed by atoms with Gasteiger partial charge in [0, 0.05) is 38.2 Å². The molecule has 0 aliphatic carbocycles. The maximum atomic E-state index is 9.09. The molecule has 0 amide bonds. The molecule has 7 aromatic carbocycles. The van der Waals surface area contributed by atoms with E-state index in [-0.39, 0.29) is 27.6 Å². The van der Waals surface area contributed by atoms with Crippen LogP contribution in [0.1, 0.15) is 11.0 Å². The third-order valence-electron chi connectivity index (χ3n) is 8.93. The Balaban J connectivity index is 1.31. The van der Waals surface area contributed by atoms with Crippen LogP contribution in [0, 0.1) is 0 Å². The van der Waals surface area contributed by atoms with Crippen molar-refractivity contribution in [3.63, 3.8) is 0 Å². The molecule has 0 aliphatic rings. The maximum Gasteiger partial charge on any atom is 0.166 e. The molecular formula is C45H28N4O. The van der Waals surface area contributed by atoms with Crippen LogP contribution in [0.4, 0.5) is 0 Å². The van der Waals surface area contributed by atoms with Crippen molar-refractivity contribution >= 4 is 43.7 Å². The Morgan fingerprint density at radius 1 is 0.440 bits per heavy atom. The summed E-state index contributed by atoms with van der Waals surface area (Å²) in [7, 11) is 0. The number of benzene rings is 7. The highest BCUT2D eigenvalue weighted by Gasteiger charge is 2.22. The minimum atomic E-state index is -0.511. The van der Waals surface area contributed by atoms with Gasteiger partial charge in [-0.2, -0.15) is 0 Å². The van der Waals surface area contributed by atoms with Crippen molar-refractivity contribution in [1.29, 1.82) is 0 Å². The van der Waals surface area contributed by atoms with E-state index >= 15 is 0 Å². The summed E-state index contributed by atoms with van der Waals surface area (Å²) in [6, 6.07) is 34.6. The van der Waals surface area contributed by atoms with Gasteiger partial charge in [0.25, 0.3) is 0 Å². The Morgan fingerprint density at radius 2 is 0.940 bits per heavy atom. The van der Waals surface area contributed by atoms with E-state index in [1.807, 2.05) is 78.9 Å². The molecule has 3 heterocycles. The standard InChI is InChI=1S/C45H28N4O/c1-3-15-29(16-4-1)31-22-13-27-39-41(31)42-35(23-14-28-40(42)50-39)45-47-43(30-17-5-2-6-18-30)46-44(48-45)34-21-9-12-26-38(34)49-36-24-10-7-19-32(36)33-20-8-11-25-37(33)49/h1-28H/i7D,8D,10D,11D,19D,20D,24D,25D. The molecule has 0 aliphatic heterocycles. The molecule has 0 radical (unpaired) electrons. The summed E-state index contributed by atoms with van der Waals surface area (Å²) in [5, 5.41) is 1.68. The molecule has 0 fully saturated rings. The first kappa shape index (κ1) is 21.2. The van der Waals surface area contributed by atoms with Crippen molar-refractivity contribution in [2.45, 2.75) is 0 Å². The fourth-order valence-electron chi connectivity index (χ4n) is 6.76. The van der Waals surface area contributed by atoms with Crippen LogP contribution in [-0.4, -0.2) is 19.5 Å². The number of nitrogens with zero attached hydrogens (tertiary/aromatic N) is 4.